The van der Waals surface area contributed by atoms with Crippen LogP contribution in [-0.2, 0) is 11.8 Å². The first-order chi connectivity index (χ1) is 8.25. The Bertz CT molecular complexity index is 431. The molecule has 1 N–H and O–H groups in total. The monoisotopic (exact) mass is 232 g/mol. The Morgan fingerprint density at radius 3 is 2.59 bits per heavy atom. The van der Waals surface area contributed by atoms with Gasteiger partial charge in [-0.15, -0.1) is 0 Å². The van der Waals surface area contributed by atoms with E-state index >= 15 is 0 Å². The van der Waals surface area contributed by atoms with Crippen LogP contribution in [0.5, 0.6) is 11.5 Å². The summed E-state index contributed by atoms with van der Waals surface area (Å²) in [6, 6.07) is 3.71. The summed E-state index contributed by atoms with van der Waals surface area (Å²) in [6.07, 6.45) is 8.97. The third-order valence-corrected chi connectivity index (χ3v) is 4.60. The molecule has 0 aromatic heterocycles. The molecular weight excluding hydrogens is 212 g/mol. The number of rotatable bonds is 1. The fraction of sp³-hybridized carbons (Fsp3) is 0.600. The minimum Gasteiger partial charge on any atom is -0.508 e. The number of aromatic hydroxyl groups is 1. The zero-order valence-corrected chi connectivity index (χ0v) is 10.5. The smallest absolute Gasteiger partial charge is 0.126 e. The Morgan fingerprint density at radius 1 is 1.12 bits per heavy atom. The lowest BCUT2D eigenvalue weighted by Gasteiger charge is -2.35. The lowest BCUT2D eigenvalue weighted by Crippen LogP contribution is -2.26. The first kappa shape index (κ1) is 10.9. The molecule has 92 valence electrons. The molecule has 2 nitrogen and oxygen atoms in total. The topological polar surface area (TPSA) is 29.5 Å². The molecule has 0 atom stereocenters. The van der Waals surface area contributed by atoms with Gasteiger partial charge in [-0.2, -0.15) is 0 Å². The normalized spacial score (nSPS) is 21.5. The highest BCUT2D eigenvalue weighted by atomic mass is 16.5. The zero-order valence-electron chi connectivity index (χ0n) is 10.5. The quantitative estimate of drug-likeness (QED) is 0.802. The SMILES string of the molecule is COc1cc(O)cc2c1C1(CCCCC1)CC2. The second-order valence-corrected chi connectivity index (χ2v) is 5.52. The number of ether oxygens (including phenoxy) is 1. The van der Waals surface area contributed by atoms with Crippen LogP contribution in [0.15, 0.2) is 12.1 Å². The van der Waals surface area contributed by atoms with Crippen LogP contribution >= 0.6 is 0 Å². The molecule has 0 radical (unpaired) electrons. The Balaban J connectivity index is 2.11. The number of aryl methyl sites for hydroxylation is 1. The van der Waals surface area contributed by atoms with E-state index in [-0.39, 0.29) is 0 Å². The Morgan fingerprint density at radius 2 is 1.88 bits per heavy atom. The summed E-state index contributed by atoms with van der Waals surface area (Å²) < 4.78 is 5.51. The van der Waals surface area contributed by atoms with E-state index in [0.29, 0.717) is 11.2 Å². The molecule has 0 amide bonds. The van der Waals surface area contributed by atoms with E-state index in [9.17, 15) is 5.11 Å². The van der Waals surface area contributed by atoms with Crippen molar-refractivity contribution in [1.82, 2.24) is 0 Å². The number of hydrogen-bond donors (Lipinski definition) is 1. The molecule has 2 heteroatoms. The molecule has 0 heterocycles. The summed E-state index contributed by atoms with van der Waals surface area (Å²) in [4.78, 5) is 0. The first-order valence-electron chi connectivity index (χ1n) is 6.65. The highest BCUT2D eigenvalue weighted by Gasteiger charge is 2.41. The van der Waals surface area contributed by atoms with Crippen LogP contribution in [0.3, 0.4) is 0 Å². The molecular formula is C15H20O2. The number of fused-ring (bicyclic) bond motifs is 2. The van der Waals surface area contributed by atoms with E-state index in [1.54, 1.807) is 13.2 Å². The van der Waals surface area contributed by atoms with Crippen LogP contribution in [0.25, 0.3) is 0 Å². The summed E-state index contributed by atoms with van der Waals surface area (Å²) >= 11 is 0. The van der Waals surface area contributed by atoms with Crippen LogP contribution in [0, 0.1) is 0 Å². The van der Waals surface area contributed by atoms with Gasteiger partial charge in [-0.1, -0.05) is 19.3 Å². The van der Waals surface area contributed by atoms with Crippen LogP contribution in [-0.4, -0.2) is 12.2 Å². The fourth-order valence-electron chi connectivity index (χ4n) is 3.84. The van der Waals surface area contributed by atoms with Gasteiger partial charge in [0.15, 0.2) is 0 Å². The predicted octanol–water partition coefficient (Wildman–Crippen LogP) is 3.55. The summed E-state index contributed by atoms with van der Waals surface area (Å²) in [6.45, 7) is 0. The molecule has 0 aliphatic heterocycles. The third-order valence-electron chi connectivity index (χ3n) is 4.60. The van der Waals surface area contributed by atoms with Crippen LogP contribution in [0.1, 0.15) is 49.7 Å². The van der Waals surface area contributed by atoms with E-state index < -0.39 is 0 Å². The third kappa shape index (κ3) is 1.62. The number of phenolic OH excluding ortho intramolecular Hbond substituents is 1. The van der Waals surface area contributed by atoms with Crippen LogP contribution < -0.4 is 4.74 Å². The van der Waals surface area contributed by atoms with E-state index in [0.717, 1.165) is 12.2 Å². The lowest BCUT2D eigenvalue weighted by atomic mass is 9.70. The maximum atomic E-state index is 9.72. The van der Waals surface area contributed by atoms with Gasteiger partial charge >= 0.3 is 0 Å². The van der Waals surface area contributed by atoms with Crippen molar-refractivity contribution in [2.24, 2.45) is 0 Å². The molecule has 1 aromatic carbocycles. The minimum absolute atomic E-state index is 0.341. The maximum Gasteiger partial charge on any atom is 0.126 e. The molecule has 1 saturated carbocycles. The van der Waals surface area contributed by atoms with Gasteiger partial charge in [0, 0.05) is 11.6 Å². The minimum atomic E-state index is 0.341. The molecule has 2 aliphatic rings. The Labute approximate surface area is 103 Å². The van der Waals surface area contributed by atoms with Gasteiger partial charge in [-0.05, 0) is 42.7 Å². The molecule has 1 fully saturated rings. The molecule has 0 saturated heterocycles. The van der Waals surface area contributed by atoms with Crippen molar-refractivity contribution in [1.29, 1.82) is 0 Å². The van der Waals surface area contributed by atoms with Gasteiger partial charge in [-0.3, -0.25) is 0 Å². The summed E-state index contributed by atoms with van der Waals surface area (Å²) in [7, 11) is 1.71. The van der Waals surface area contributed by atoms with Crippen molar-refractivity contribution in [3.05, 3.63) is 23.3 Å². The lowest BCUT2D eigenvalue weighted by molar-refractivity contribution is 0.281. The average molecular weight is 232 g/mol. The van der Waals surface area contributed by atoms with Crippen molar-refractivity contribution in [3.63, 3.8) is 0 Å². The van der Waals surface area contributed by atoms with Gasteiger partial charge in [0.25, 0.3) is 0 Å². The van der Waals surface area contributed by atoms with E-state index in [1.165, 1.54) is 49.7 Å². The molecule has 17 heavy (non-hydrogen) atoms. The van der Waals surface area contributed by atoms with Gasteiger partial charge in [0.05, 0.1) is 7.11 Å². The second kappa shape index (κ2) is 3.94. The van der Waals surface area contributed by atoms with Gasteiger partial charge in [-0.25, -0.2) is 0 Å². The van der Waals surface area contributed by atoms with E-state index in [1.807, 2.05) is 6.07 Å². The van der Waals surface area contributed by atoms with E-state index in [2.05, 4.69) is 0 Å². The number of hydrogen-bond acceptors (Lipinski definition) is 2. The highest BCUT2D eigenvalue weighted by molar-refractivity contribution is 5.53. The summed E-state index contributed by atoms with van der Waals surface area (Å²) in [5.74, 6) is 1.24. The fourth-order valence-corrected chi connectivity index (χ4v) is 3.84. The first-order valence-corrected chi connectivity index (χ1v) is 6.65. The Hall–Kier alpha value is -1.18. The van der Waals surface area contributed by atoms with Crippen LogP contribution in [0.4, 0.5) is 0 Å². The molecule has 0 bridgehead atoms. The zero-order chi connectivity index (χ0) is 11.9. The van der Waals surface area contributed by atoms with Crippen molar-refractivity contribution in [2.75, 3.05) is 7.11 Å². The number of benzene rings is 1. The number of phenols is 1. The van der Waals surface area contributed by atoms with Crippen molar-refractivity contribution < 1.29 is 9.84 Å². The van der Waals surface area contributed by atoms with Crippen molar-refractivity contribution >= 4 is 0 Å². The van der Waals surface area contributed by atoms with Gasteiger partial charge < -0.3 is 9.84 Å². The average Bonchev–Trinajstić information content (AvgIpc) is 2.68. The Kier molecular flexibility index (Phi) is 2.53. The van der Waals surface area contributed by atoms with Gasteiger partial charge in [0.1, 0.15) is 11.5 Å². The van der Waals surface area contributed by atoms with Gasteiger partial charge in [0.2, 0.25) is 0 Å². The second-order valence-electron chi connectivity index (χ2n) is 5.52. The molecule has 2 aliphatic carbocycles. The number of methoxy groups -OCH3 is 1. The van der Waals surface area contributed by atoms with Crippen LogP contribution in [0.2, 0.25) is 0 Å². The van der Waals surface area contributed by atoms with Crippen molar-refractivity contribution in [3.8, 4) is 11.5 Å². The van der Waals surface area contributed by atoms with Crippen molar-refractivity contribution in [2.45, 2.75) is 50.4 Å². The predicted molar refractivity (Wildman–Crippen MR) is 67.7 cm³/mol. The standard InChI is InChI=1S/C15H20O2/c1-17-13-10-12(16)9-11-5-8-15(14(11)13)6-3-2-4-7-15/h9-10,16H,2-8H2,1H3. The summed E-state index contributed by atoms with van der Waals surface area (Å²) in [5, 5.41) is 9.72. The molecule has 1 aromatic rings. The molecule has 1 spiro atoms. The molecule has 3 rings (SSSR count). The summed E-state index contributed by atoms with van der Waals surface area (Å²) in [5.41, 5.74) is 3.06. The largest absolute Gasteiger partial charge is 0.508 e. The highest BCUT2D eigenvalue weighted by Crippen LogP contribution is 2.52. The molecule has 0 unspecified atom stereocenters. The maximum absolute atomic E-state index is 9.72. The van der Waals surface area contributed by atoms with E-state index in [4.69, 9.17) is 4.74 Å².